The van der Waals surface area contributed by atoms with E-state index in [1.807, 2.05) is 0 Å². The average molecular weight is 145 g/mol. The molecule has 0 fully saturated rings. The molecule has 0 aliphatic rings. The number of hydrogen-bond acceptors (Lipinski definition) is 3. The third kappa shape index (κ3) is 3.06. The van der Waals surface area contributed by atoms with Gasteiger partial charge < -0.3 is 10.1 Å². The molecule has 4 heteroatoms. The van der Waals surface area contributed by atoms with Crippen LogP contribution in [0.15, 0.2) is 0 Å². The van der Waals surface area contributed by atoms with E-state index < -0.39 is 0 Å². The van der Waals surface area contributed by atoms with Crippen molar-refractivity contribution in [2.75, 3.05) is 13.7 Å². The summed E-state index contributed by atoms with van der Waals surface area (Å²) in [6.45, 7) is 2.01. The molecule has 0 radical (unpaired) electrons. The molecular formula is C6H11NO3. The van der Waals surface area contributed by atoms with Crippen molar-refractivity contribution in [3.63, 3.8) is 0 Å². The Morgan fingerprint density at radius 2 is 2.40 bits per heavy atom. The van der Waals surface area contributed by atoms with Crippen molar-refractivity contribution in [1.29, 1.82) is 0 Å². The molecule has 58 valence electrons. The van der Waals surface area contributed by atoms with E-state index in [0.29, 0.717) is 13.0 Å². The summed E-state index contributed by atoms with van der Waals surface area (Å²) in [6, 6.07) is 0. The van der Waals surface area contributed by atoms with Crippen LogP contribution in [-0.2, 0) is 14.3 Å². The van der Waals surface area contributed by atoms with Crippen molar-refractivity contribution < 1.29 is 14.3 Å². The van der Waals surface area contributed by atoms with Crippen LogP contribution in [0.1, 0.15) is 6.92 Å². The van der Waals surface area contributed by atoms with Gasteiger partial charge in [-0.2, -0.15) is 0 Å². The predicted molar refractivity (Wildman–Crippen MR) is 35.2 cm³/mol. The molecule has 0 aliphatic carbocycles. The largest absolute Gasteiger partial charge is 0.469 e. The van der Waals surface area contributed by atoms with E-state index in [1.54, 1.807) is 6.92 Å². The molecule has 0 bridgehead atoms. The second kappa shape index (κ2) is 4.78. The molecule has 10 heavy (non-hydrogen) atoms. The minimum absolute atomic E-state index is 0.268. The van der Waals surface area contributed by atoms with E-state index in [-0.39, 0.29) is 11.9 Å². The molecule has 0 aromatic heterocycles. The number of methoxy groups -OCH3 is 1. The van der Waals surface area contributed by atoms with Crippen LogP contribution in [-0.4, -0.2) is 26.0 Å². The van der Waals surface area contributed by atoms with E-state index >= 15 is 0 Å². The highest BCUT2D eigenvalue weighted by Gasteiger charge is 2.10. The van der Waals surface area contributed by atoms with Crippen molar-refractivity contribution in [2.24, 2.45) is 5.92 Å². The first-order chi connectivity index (χ1) is 4.72. The van der Waals surface area contributed by atoms with E-state index in [0.717, 1.165) is 0 Å². The molecule has 1 N–H and O–H groups in total. The van der Waals surface area contributed by atoms with Gasteiger partial charge in [-0.3, -0.25) is 9.59 Å². The fourth-order valence-electron chi connectivity index (χ4n) is 0.509. The van der Waals surface area contributed by atoms with Crippen LogP contribution in [0.2, 0.25) is 0 Å². The lowest BCUT2D eigenvalue weighted by Gasteiger charge is -2.06. The van der Waals surface area contributed by atoms with Gasteiger partial charge in [-0.15, -0.1) is 0 Å². The summed E-state index contributed by atoms with van der Waals surface area (Å²) in [5.41, 5.74) is 0. The highest BCUT2D eigenvalue weighted by Crippen LogP contribution is 1.93. The molecule has 1 unspecified atom stereocenters. The molecule has 0 rings (SSSR count). The van der Waals surface area contributed by atoms with Gasteiger partial charge in [0.15, 0.2) is 0 Å². The number of hydrogen-bond donors (Lipinski definition) is 1. The standard InChI is InChI=1S/C6H11NO3/c1-5(3-7-4-8)6(9)10-2/h4-5H,3H2,1-2H3,(H,7,8). The third-order valence-corrected chi connectivity index (χ3v) is 1.11. The van der Waals surface area contributed by atoms with Crippen LogP contribution < -0.4 is 5.32 Å². The lowest BCUT2D eigenvalue weighted by atomic mass is 10.2. The smallest absolute Gasteiger partial charge is 0.310 e. The zero-order chi connectivity index (χ0) is 7.98. The van der Waals surface area contributed by atoms with Gasteiger partial charge in [-0.1, -0.05) is 6.92 Å². The van der Waals surface area contributed by atoms with Gasteiger partial charge in [0, 0.05) is 6.54 Å². The SMILES string of the molecule is COC(=O)C(C)CNC=O. The summed E-state index contributed by atoms with van der Waals surface area (Å²) >= 11 is 0. The summed E-state index contributed by atoms with van der Waals surface area (Å²) in [5.74, 6) is -0.579. The van der Waals surface area contributed by atoms with Gasteiger partial charge in [-0.05, 0) is 0 Å². The highest BCUT2D eigenvalue weighted by atomic mass is 16.5. The molecule has 0 aromatic rings. The maximum Gasteiger partial charge on any atom is 0.310 e. The zero-order valence-electron chi connectivity index (χ0n) is 6.09. The maximum absolute atomic E-state index is 10.6. The number of ether oxygens (including phenoxy) is 1. The molecule has 1 atom stereocenters. The highest BCUT2D eigenvalue weighted by molar-refractivity contribution is 5.72. The van der Waals surface area contributed by atoms with Crippen molar-refractivity contribution >= 4 is 12.4 Å². The minimum atomic E-state index is -0.311. The number of carbonyl (C=O) groups is 2. The molecule has 0 heterocycles. The minimum Gasteiger partial charge on any atom is -0.469 e. The maximum atomic E-state index is 10.6. The summed E-state index contributed by atoms with van der Waals surface area (Å²) in [6.07, 6.45) is 0.555. The van der Waals surface area contributed by atoms with E-state index in [2.05, 4.69) is 10.1 Å². The third-order valence-electron chi connectivity index (χ3n) is 1.11. The monoisotopic (exact) mass is 145 g/mol. The molecule has 4 nitrogen and oxygen atoms in total. The topological polar surface area (TPSA) is 55.4 Å². The number of esters is 1. The average Bonchev–Trinajstić information content (AvgIpc) is 1.98. The van der Waals surface area contributed by atoms with E-state index in [4.69, 9.17) is 0 Å². The van der Waals surface area contributed by atoms with Crippen LogP contribution in [0.5, 0.6) is 0 Å². The first-order valence-corrected chi connectivity index (χ1v) is 2.97. The number of nitrogens with one attached hydrogen (secondary N) is 1. The van der Waals surface area contributed by atoms with Crippen LogP contribution in [0.4, 0.5) is 0 Å². The van der Waals surface area contributed by atoms with Gasteiger partial charge in [0.2, 0.25) is 6.41 Å². The van der Waals surface area contributed by atoms with Crippen molar-refractivity contribution in [3.05, 3.63) is 0 Å². The second-order valence-electron chi connectivity index (χ2n) is 1.95. The first kappa shape index (κ1) is 8.94. The van der Waals surface area contributed by atoms with Crippen molar-refractivity contribution in [3.8, 4) is 0 Å². The van der Waals surface area contributed by atoms with Crippen molar-refractivity contribution in [1.82, 2.24) is 5.32 Å². The lowest BCUT2D eigenvalue weighted by molar-refractivity contribution is -0.144. The Kier molecular flexibility index (Phi) is 4.28. The molecule has 1 amide bonds. The van der Waals surface area contributed by atoms with Gasteiger partial charge in [-0.25, -0.2) is 0 Å². The predicted octanol–water partition coefficient (Wildman–Crippen LogP) is -0.459. The van der Waals surface area contributed by atoms with E-state index in [1.165, 1.54) is 7.11 Å². The fourth-order valence-corrected chi connectivity index (χ4v) is 0.509. The van der Waals surface area contributed by atoms with E-state index in [9.17, 15) is 9.59 Å². The molecule has 0 spiro atoms. The quantitative estimate of drug-likeness (QED) is 0.430. The number of amides is 1. The van der Waals surface area contributed by atoms with Crippen molar-refractivity contribution in [2.45, 2.75) is 6.92 Å². The summed E-state index contributed by atoms with van der Waals surface area (Å²) in [7, 11) is 1.32. The van der Waals surface area contributed by atoms with Gasteiger partial charge in [0.05, 0.1) is 13.0 Å². The Bertz CT molecular complexity index is 124. The summed E-state index contributed by atoms with van der Waals surface area (Å²) < 4.78 is 4.41. The fraction of sp³-hybridized carbons (Fsp3) is 0.667. The number of rotatable bonds is 4. The lowest BCUT2D eigenvalue weighted by Crippen LogP contribution is -2.26. The molecule has 0 saturated carbocycles. The Morgan fingerprint density at radius 3 is 2.80 bits per heavy atom. The zero-order valence-corrected chi connectivity index (χ0v) is 6.09. The Balaban J connectivity index is 3.50. The van der Waals surface area contributed by atoms with Gasteiger partial charge in [0.1, 0.15) is 0 Å². The van der Waals surface area contributed by atoms with Crippen LogP contribution >= 0.6 is 0 Å². The Labute approximate surface area is 59.6 Å². The normalized spacial score (nSPS) is 11.8. The van der Waals surface area contributed by atoms with Crippen LogP contribution in [0.3, 0.4) is 0 Å². The number of carbonyl (C=O) groups excluding carboxylic acids is 2. The first-order valence-electron chi connectivity index (χ1n) is 2.97. The Morgan fingerprint density at radius 1 is 1.80 bits per heavy atom. The molecule has 0 aromatic carbocycles. The molecule has 0 saturated heterocycles. The van der Waals surface area contributed by atoms with Gasteiger partial charge in [0.25, 0.3) is 0 Å². The Hall–Kier alpha value is -1.06. The van der Waals surface area contributed by atoms with Crippen LogP contribution in [0.25, 0.3) is 0 Å². The van der Waals surface area contributed by atoms with Crippen LogP contribution in [0, 0.1) is 5.92 Å². The molecule has 0 aliphatic heterocycles. The van der Waals surface area contributed by atoms with Gasteiger partial charge >= 0.3 is 5.97 Å². The summed E-state index contributed by atoms with van der Waals surface area (Å²) in [5, 5.41) is 2.38. The summed E-state index contributed by atoms with van der Waals surface area (Å²) in [4.78, 5) is 20.4. The second-order valence-corrected chi connectivity index (χ2v) is 1.95. The molecular weight excluding hydrogens is 134 g/mol.